The van der Waals surface area contributed by atoms with Crippen LogP contribution in [0, 0.1) is 0 Å². The van der Waals surface area contributed by atoms with Gasteiger partial charge in [0.2, 0.25) is 0 Å². The Morgan fingerprint density at radius 3 is 1.86 bits per heavy atom. The molecule has 1 rings (SSSR count). The molecule has 1 aromatic rings. The smallest absolute Gasteiger partial charge is 0.338 e. The zero-order valence-electron chi connectivity index (χ0n) is 14.2. The summed E-state index contributed by atoms with van der Waals surface area (Å²) in [6.45, 7) is 11.6. The van der Waals surface area contributed by atoms with Crippen molar-refractivity contribution in [3.63, 3.8) is 0 Å². The summed E-state index contributed by atoms with van der Waals surface area (Å²) in [5.41, 5.74) is 0.636. The molecule has 0 atom stereocenters. The van der Waals surface area contributed by atoms with Crippen LogP contribution < -0.4 is 12.4 Å². The van der Waals surface area contributed by atoms with E-state index in [-0.39, 0.29) is 18.4 Å². The van der Waals surface area contributed by atoms with Gasteiger partial charge in [0.05, 0.1) is 25.2 Å². The number of halogens is 1. The number of quaternary nitrogens is 1. The van der Waals surface area contributed by atoms with Crippen molar-refractivity contribution in [2.24, 2.45) is 0 Å². The summed E-state index contributed by atoms with van der Waals surface area (Å²) in [6, 6.07) is 9.23. The van der Waals surface area contributed by atoms with Gasteiger partial charge in [0.25, 0.3) is 0 Å². The molecule has 0 aliphatic heterocycles. The van der Waals surface area contributed by atoms with Crippen LogP contribution in [0.3, 0.4) is 0 Å². The van der Waals surface area contributed by atoms with Gasteiger partial charge >= 0.3 is 5.97 Å². The molecular weight excluding hydrogens is 298 g/mol. The molecule has 0 aromatic heterocycles. The number of esters is 1. The lowest BCUT2D eigenvalue weighted by molar-refractivity contribution is -0.928. The van der Waals surface area contributed by atoms with Crippen LogP contribution in [-0.4, -0.2) is 43.2 Å². The van der Waals surface area contributed by atoms with E-state index in [1.807, 2.05) is 18.2 Å². The fourth-order valence-electron chi connectivity index (χ4n) is 3.08. The summed E-state index contributed by atoms with van der Waals surface area (Å²) in [5, 5.41) is 0. The zero-order valence-corrected chi connectivity index (χ0v) is 14.9. The van der Waals surface area contributed by atoms with Crippen molar-refractivity contribution in [3.8, 4) is 0 Å². The molecule has 0 radical (unpaired) electrons. The maximum absolute atomic E-state index is 12.0. The normalized spacial score (nSPS) is 10.9. The van der Waals surface area contributed by atoms with Crippen molar-refractivity contribution in [2.45, 2.75) is 40.0 Å². The summed E-state index contributed by atoms with van der Waals surface area (Å²) in [7, 11) is 0. The van der Waals surface area contributed by atoms with Gasteiger partial charge in [-0.25, -0.2) is 4.79 Å². The molecule has 0 N–H and O–H groups in total. The molecule has 0 unspecified atom stereocenters. The Balaban J connectivity index is 0.00000441. The topological polar surface area (TPSA) is 26.3 Å². The zero-order chi connectivity index (χ0) is 15.6. The first-order valence-corrected chi connectivity index (χ1v) is 8.24. The molecule has 126 valence electrons. The van der Waals surface area contributed by atoms with Gasteiger partial charge in [-0.3, -0.25) is 0 Å². The SMILES string of the molecule is CCC[N+](CCC)(CCC)CCOC(=O)c1ccccc1.[Cl-]. The molecule has 0 saturated carbocycles. The Morgan fingerprint density at radius 1 is 0.909 bits per heavy atom. The van der Waals surface area contributed by atoms with E-state index in [0.29, 0.717) is 12.2 Å². The number of carbonyl (C=O) groups excluding carboxylic acids is 1. The highest BCUT2D eigenvalue weighted by molar-refractivity contribution is 5.89. The van der Waals surface area contributed by atoms with E-state index in [9.17, 15) is 4.79 Å². The quantitative estimate of drug-likeness (QED) is 0.471. The second-order valence-electron chi connectivity index (χ2n) is 5.74. The van der Waals surface area contributed by atoms with E-state index in [1.165, 1.54) is 38.9 Å². The average molecular weight is 328 g/mol. The second kappa shape index (κ2) is 11.5. The molecule has 0 heterocycles. The van der Waals surface area contributed by atoms with E-state index >= 15 is 0 Å². The first-order chi connectivity index (χ1) is 10.2. The third kappa shape index (κ3) is 6.80. The molecule has 0 aliphatic carbocycles. The summed E-state index contributed by atoms with van der Waals surface area (Å²) < 4.78 is 6.54. The predicted molar refractivity (Wildman–Crippen MR) is 87.3 cm³/mol. The van der Waals surface area contributed by atoms with Crippen LogP contribution in [0.4, 0.5) is 0 Å². The van der Waals surface area contributed by atoms with Crippen LogP contribution in [0.1, 0.15) is 50.4 Å². The third-order valence-electron chi connectivity index (χ3n) is 3.90. The van der Waals surface area contributed by atoms with Crippen molar-refractivity contribution in [1.82, 2.24) is 0 Å². The summed E-state index contributed by atoms with van der Waals surface area (Å²) >= 11 is 0. The highest BCUT2D eigenvalue weighted by Crippen LogP contribution is 2.12. The van der Waals surface area contributed by atoms with E-state index in [1.54, 1.807) is 12.1 Å². The van der Waals surface area contributed by atoms with Crippen LogP contribution in [0.5, 0.6) is 0 Å². The van der Waals surface area contributed by atoms with Crippen LogP contribution in [0.2, 0.25) is 0 Å². The summed E-state index contributed by atoms with van der Waals surface area (Å²) in [5.74, 6) is -0.210. The number of carbonyl (C=O) groups is 1. The molecule has 0 saturated heterocycles. The Morgan fingerprint density at radius 2 is 1.41 bits per heavy atom. The van der Waals surface area contributed by atoms with Crippen molar-refractivity contribution in [2.75, 3.05) is 32.8 Å². The lowest BCUT2D eigenvalue weighted by Gasteiger charge is -2.38. The van der Waals surface area contributed by atoms with Gasteiger partial charge in [-0.05, 0) is 31.4 Å². The van der Waals surface area contributed by atoms with Gasteiger partial charge in [0.1, 0.15) is 13.2 Å². The Labute approximate surface area is 141 Å². The largest absolute Gasteiger partial charge is 1.00 e. The molecule has 0 fully saturated rings. The van der Waals surface area contributed by atoms with Crippen molar-refractivity contribution in [3.05, 3.63) is 35.9 Å². The van der Waals surface area contributed by atoms with E-state index in [2.05, 4.69) is 20.8 Å². The molecule has 4 heteroatoms. The van der Waals surface area contributed by atoms with Gasteiger partial charge in [-0.15, -0.1) is 0 Å². The fraction of sp³-hybridized carbons (Fsp3) is 0.611. The van der Waals surface area contributed by atoms with E-state index in [4.69, 9.17) is 4.74 Å². The summed E-state index contributed by atoms with van der Waals surface area (Å²) in [4.78, 5) is 12.0. The average Bonchev–Trinajstić information content (AvgIpc) is 2.49. The minimum absolute atomic E-state index is 0. The van der Waals surface area contributed by atoms with Gasteiger partial charge in [-0.2, -0.15) is 0 Å². The van der Waals surface area contributed by atoms with E-state index in [0.717, 1.165) is 11.0 Å². The van der Waals surface area contributed by atoms with E-state index < -0.39 is 0 Å². The second-order valence-corrected chi connectivity index (χ2v) is 5.74. The predicted octanol–water partition coefficient (Wildman–Crippen LogP) is 0.894. The first-order valence-electron chi connectivity index (χ1n) is 8.24. The van der Waals surface area contributed by atoms with Gasteiger partial charge in [0, 0.05) is 0 Å². The molecular formula is C18H30ClNO2. The highest BCUT2D eigenvalue weighted by atomic mass is 35.5. The standard InChI is InChI=1S/C18H30NO2.ClH/c1-4-12-19(13-5-2,14-6-3)15-16-21-18(20)17-10-8-7-9-11-17;/h7-11H,4-6,12-16H2,1-3H3;1H/q+1;/p-1. The number of hydrogen-bond acceptors (Lipinski definition) is 2. The molecule has 0 aliphatic rings. The minimum atomic E-state index is -0.210. The number of rotatable bonds is 10. The Bertz CT molecular complexity index is 392. The number of ether oxygens (including phenoxy) is 1. The lowest BCUT2D eigenvalue weighted by Crippen LogP contribution is -3.00. The van der Waals surface area contributed by atoms with Crippen LogP contribution in [0.15, 0.2) is 30.3 Å². The van der Waals surface area contributed by atoms with Gasteiger partial charge < -0.3 is 21.6 Å². The van der Waals surface area contributed by atoms with Crippen LogP contribution in [-0.2, 0) is 4.74 Å². The molecule has 0 amide bonds. The fourth-order valence-corrected chi connectivity index (χ4v) is 3.08. The number of benzene rings is 1. The van der Waals surface area contributed by atoms with Crippen molar-refractivity contribution in [1.29, 1.82) is 0 Å². The highest BCUT2D eigenvalue weighted by Gasteiger charge is 2.24. The first kappa shape index (κ1) is 20.9. The monoisotopic (exact) mass is 327 g/mol. The minimum Gasteiger partial charge on any atom is -1.00 e. The molecule has 0 bridgehead atoms. The van der Waals surface area contributed by atoms with Crippen LogP contribution in [0.25, 0.3) is 0 Å². The lowest BCUT2D eigenvalue weighted by atomic mass is 10.2. The van der Waals surface area contributed by atoms with Crippen molar-refractivity contribution >= 4 is 5.97 Å². The molecule has 1 aromatic carbocycles. The Kier molecular flexibility index (Phi) is 10.9. The molecule has 3 nitrogen and oxygen atoms in total. The van der Waals surface area contributed by atoms with Gasteiger partial charge in [0.15, 0.2) is 0 Å². The van der Waals surface area contributed by atoms with Crippen LogP contribution >= 0.6 is 0 Å². The van der Waals surface area contributed by atoms with Crippen molar-refractivity contribution < 1.29 is 26.4 Å². The summed E-state index contributed by atoms with van der Waals surface area (Å²) in [6.07, 6.45) is 3.52. The maximum Gasteiger partial charge on any atom is 0.338 e. The maximum atomic E-state index is 12.0. The number of hydrogen-bond donors (Lipinski definition) is 0. The molecule has 0 spiro atoms. The molecule has 22 heavy (non-hydrogen) atoms. The Hall–Kier alpha value is -1.06. The third-order valence-corrected chi connectivity index (χ3v) is 3.90. The number of nitrogens with zero attached hydrogens (tertiary/aromatic N) is 1. The van der Waals surface area contributed by atoms with Gasteiger partial charge in [-0.1, -0.05) is 39.0 Å².